The fourth-order valence-corrected chi connectivity index (χ4v) is 5.16. The highest BCUT2D eigenvalue weighted by Gasteiger charge is 2.40. The lowest BCUT2D eigenvalue weighted by molar-refractivity contribution is 0.536. The van der Waals surface area contributed by atoms with Crippen molar-refractivity contribution < 1.29 is 8.42 Å². The molecule has 0 aliphatic heterocycles. The van der Waals surface area contributed by atoms with E-state index in [0.29, 0.717) is 11.3 Å². The van der Waals surface area contributed by atoms with E-state index in [4.69, 9.17) is 0 Å². The Balaban J connectivity index is 2.03. The van der Waals surface area contributed by atoms with Crippen molar-refractivity contribution in [1.29, 1.82) is 0 Å². The third-order valence-corrected chi connectivity index (χ3v) is 6.73. The first-order chi connectivity index (χ1) is 10.0. The molecule has 1 N–H and O–H groups in total. The van der Waals surface area contributed by atoms with Gasteiger partial charge in [-0.25, -0.2) is 8.42 Å². The Morgan fingerprint density at radius 1 is 1.10 bits per heavy atom. The molecule has 2 aromatic rings. The van der Waals surface area contributed by atoms with Crippen LogP contribution in [-0.4, -0.2) is 20.7 Å². The summed E-state index contributed by atoms with van der Waals surface area (Å²) in [6.45, 7) is 0. The van der Waals surface area contributed by atoms with Gasteiger partial charge in [-0.05, 0) is 48.9 Å². The van der Waals surface area contributed by atoms with Crippen LogP contribution in [0.3, 0.4) is 0 Å². The van der Waals surface area contributed by atoms with E-state index in [9.17, 15) is 8.42 Å². The van der Waals surface area contributed by atoms with E-state index in [2.05, 4.69) is 21.2 Å². The molecular weight excluding hydrogens is 350 g/mol. The molecule has 0 radical (unpaired) electrons. The SMILES string of the molecule is CNC1c2ccccc2CC1S(=O)(=O)c1ccc(Br)cc1. The molecule has 2 unspecified atom stereocenters. The molecule has 21 heavy (non-hydrogen) atoms. The highest BCUT2D eigenvalue weighted by Crippen LogP contribution is 2.37. The van der Waals surface area contributed by atoms with Crippen LogP contribution in [0.4, 0.5) is 0 Å². The second-order valence-corrected chi connectivity index (χ2v) is 8.29. The highest BCUT2D eigenvalue weighted by molar-refractivity contribution is 9.10. The van der Waals surface area contributed by atoms with Gasteiger partial charge in [-0.2, -0.15) is 0 Å². The summed E-state index contributed by atoms with van der Waals surface area (Å²) in [5.41, 5.74) is 2.20. The number of halogens is 1. The maximum absolute atomic E-state index is 12.9. The van der Waals surface area contributed by atoms with Crippen LogP contribution in [0, 0.1) is 0 Å². The van der Waals surface area contributed by atoms with Crippen LogP contribution < -0.4 is 5.32 Å². The standard InChI is InChI=1S/C16H16BrNO2S/c1-18-16-14-5-3-2-4-11(14)10-15(16)21(19,20)13-8-6-12(17)7-9-13/h2-9,15-16,18H,10H2,1H3. The van der Waals surface area contributed by atoms with Gasteiger partial charge in [-0.1, -0.05) is 40.2 Å². The van der Waals surface area contributed by atoms with E-state index in [-0.39, 0.29) is 6.04 Å². The first-order valence-electron chi connectivity index (χ1n) is 6.78. The lowest BCUT2D eigenvalue weighted by atomic mass is 10.1. The number of rotatable bonds is 3. The monoisotopic (exact) mass is 365 g/mol. The van der Waals surface area contributed by atoms with Crippen LogP contribution in [-0.2, 0) is 16.3 Å². The normalized spacial score (nSPS) is 21.2. The molecular formula is C16H16BrNO2S. The van der Waals surface area contributed by atoms with Crippen molar-refractivity contribution in [1.82, 2.24) is 5.32 Å². The quantitative estimate of drug-likeness (QED) is 0.908. The van der Waals surface area contributed by atoms with Gasteiger partial charge in [0.1, 0.15) is 0 Å². The number of nitrogens with one attached hydrogen (secondary N) is 1. The third-order valence-electron chi connectivity index (χ3n) is 4.03. The summed E-state index contributed by atoms with van der Waals surface area (Å²) in [7, 11) is -1.55. The molecule has 2 atom stereocenters. The summed E-state index contributed by atoms with van der Waals surface area (Å²) in [5.74, 6) is 0. The topological polar surface area (TPSA) is 46.2 Å². The number of hydrogen-bond donors (Lipinski definition) is 1. The molecule has 0 saturated carbocycles. The van der Waals surface area contributed by atoms with E-state index in [1.165, 1.54) is 0 Å². The minimum Gasteiger partial charge on any atom is -0.312 e. The van der Waals surface area contributed by atoms with Crippen LogP contribution in [0.25, 0.3) is 0 Å². The summed E-state index contributed by atoms with van der Waals surface area (Å²) >= 11 is 3.34. The van der Waals surface area contributed by atoms with Crippen LogP contribution in [0.2, 0.25) is 0 Å². The van der Waals surface area contributed by atoms with Gasteiger partial charge in [0.2, 0.25) is 0 Å². The van der Waals surface area contributed by atoms with Crippen LogP contribution >= 0.6 is 15.9 Å². The van der Waals surface area contributed by atoms with Crippen molar-refractivity contribution >= 4 is 25.8 Å². The Kier molecular flexibility index (Phi) is 3.90. The van der Waals surface area contributed by atoms with Crippen LogP contribution in [0.1, 0.15) is 17.2 Å². The largest absolute Gasteiger partial charge is 0.312 e. The van der Waals surface area contributed by atoms with Crippen molar-refractivity contribution in [3.63, 3.8) is 0 Å². The number of hydrogen-bond acceptors (Lipinski definition) is 3. The summed E-state index contributed by atoms with van der Waals surface area (Å²) in [4.78, 5) is 0.378. The third kappa shape index (κ3) is 2.54. The Morgan fingerprint density at radius 2 is 1.76 bits per heavy atom. The minimum atomic E-state index is -3.37. The second kappa shape index (κ2) is 5.55. The lowest BCUT2D eigenvalue weighted by Gasteiger charge is -2.20. The van der Waals surface area contributed by atoms with Crippen molar-refractivity contribution in [2.45, 2.75) is 22.6 Å². The summed E-state index contributed by atoms with van der Waals surface area (Å²) in [6.07, 6.45) is 0.556. The van der Waals surface area contributed by atoms with E-state index < -0.39 is 15.1 Å². The fraction of sp³-hybridized carbons (Fsp3) is 0.250. The van der Waals surface area contributed by atoms with Gasteiger partial charge in [0.25, 0.3) is 0 Å². The zero-order valence-electron chi connectivity index (χ0n) is 11.6. The van der Waals surface area contributed by atoms with Crippen molar-refractivity contribution in [3.8, 4) is 0 Å². The number of benzene rings is 2. The zero-order valence-corrected chi connectivity index (χ0v) is 14.0. The summed E-state index contributed by atoms with van der Waals surface area (Å²) in [5, 5.41) is 2.71. The fourth-order valence-electron chi connectivity index (χ4n) is 2.99. The minimum absolute atomic E-state index is 0.158. The van der Waals surface area contributed by atoms with Crippen LogP contribution in [0.15, 0.2) is 57.9 Å². The summed E-state index contributed by atoms with van der Waals surface area (Å²) in [6, 6.07) is 14.6. The predicted octanol–water partition coefficient (Wildman–Crippen LogP) is 3.11. The first kappa shape index (κ1) is 14.8. The average Bonchev–Trinajstić information content (AvgIpc) is 2.87. The lowest BCUT2D eigenvalue weighted by Crippen LogP contribution is -2.33. The molecule has 0 heterocycles. The molecule has 0 aromatic heterocycles. The number of sulfone groups is 1. The Hall–Kier alpha value is -1.17. The molecule has 3 nitrogen and oxygen atoms in total. The van der Waals surface area contributed by atoms with Gasteiger partial charge in [0.15, 0.2) is 9.84 Å². The van der Waals surface area contributed by atoms with Gasteiger partial charge in [0.05, 0.1) is 10.1 Å². The maximum Gasteiger partial charge on any atom is 0.183 e. The molecule has 110 valence electrons. The molecule has 3 rings (SSSR count). The van der Waals surface area contributed by atoms with Gasteiger partial charge in [-0.3, -0.25) is 0 Å². The molecule has 0 fully saturated rings. The van der Waals surface area contributed by atoms with E-state index in [1.54, 1.807) is 24.3 Å². The summed E-state index contributed by atoms with van der Waals surface area (Å²) < 4.78 is 26.7. The number of fused-ring (bicyclic) bond motifs is 1. The van der Waals surface area contributed by atoms with Crippen molar-refractivity contribution in [2.75, 3.05) is 7.05 Å². The van der Waals surface area contributed by atoms with Crippen molar-refractivity contribution in [2.24, 2.45) is 0 Å². The second-order valence-electron chi connectivity index (χ2n) is 5.21. The average molecular weight is 366 g/mol. The first-order valence-corrected chi connectivity index (χ1v) is 9.12. The van der Waals surface area contributed by atoms with E-state index in [0.717, 1.165) is 15.6 Å². The molecule has 1 aliphatic carbocycles. The zero-order chi connectivity index (χ0) is 15.0. The van der Waals surface area contributed by atoms with Crippen LogP contribution in [0.5, 0.6) is 0 Å². The maximum atomic E-state index is 12.9. The van der Waals surface area contributed by atoms with E-state index in [1.807, 2.05) is 31.3 Å². The molecule has 0 amide bonds. The molecule has 2 aromatic carbocycles. The molecule has 5 heteroatoms. The predicted molar refractivity (Wildman–Crippen MR) is 87.1 cm³/mol. The Morgan fingerprint density at radius 3 is 2.43 bits per heavy atom. The molecule has 0 saturated heterocycles. The molecule has 0 bridgehead atoms. The van der Waals surface area contributed by atoms with Gasteiger partial charge >= 0.3 is 0 Å². The highest BCUT2D eigenvalue weighted by atomic mass is 79.9. The van der Waals surface area contributed by atoms with Gasteiger partial charge in [-0.15, -0.1) is 0 Å². The van der Waals surface area contributed by atoms with Crippen molar-refractivity contribution in [3.05, 3.63) is 64.1 Å². The molecule has 1 aliphatic rings. The Labute approximate surface area is 133 Å². The smallest absolute Gasteiger partial charge is 0.183 e. The van der Waals surface area contributed by atoms with Gasteiger partial charge < -0.3 is 5.32 Å². The van der Waals surface area contributed by atoms with Gasteiger partial charge in [0, 0.05) is 10.5 Å². The molecule has 0 spiro atoms. The van der Waals surface area contributed by atoms with E-state index >= 15 is 0 Å². The Bertz CT molecular complexity index is 756.